The first-order chi connectivity index (χ1) is 15.6. The van der Waals surface area contributed by atoms with Gasteiger partial charge in [0.25, 0.3) is 10.2 Å². The lowest BCUT2D eigenvalue weighted by molar-refractivity contribution is -0.231. The summed E-state index contributed by atoms with van der Waals surface area (Å²) in [4.78, 5) is 0. The summed E-state index contributed by atoms with van der Waals surface area (Å²) in [6.07, 6.45) is -5.76. The highest BCUT2D eigenvalue weighted by Crippen LogP contribution is 2.34. The molecule has 12 heteroatoms. The van der Waals surface area contributed by atoms with Gasteiger partial charge in [0.05, 0.1) is 6.61 Å². The highest BCUT2D eigenvalue weighted by Gasteiger charge is 2.44. The summed E-state index contributed by atoms with van der Waals surface area (Å²) in [5, 5.41) is 45.2. The van der Waals surface area contributed by atoms with Crippen molar-refractivity contribution in [2.24, 2.45) is 5.14 Å². The Bertz CT molecular complexity index is 1040. The molecule has 1 aliphatic rings. The van der Waals surface area contributed by atoms with E-state index in [9.17, 15) is 28.8 Å². The number of halogens is 1. The van der Waals surface area contributed by atoms with Crippen molar-refractivity contribution in [3.63, 3.8) is 0 Å². The summed E-state index contributed by atoms with van der Waals surface area (Å²) in [5.41, 5.74) is 2.21. The van der Waals surface area contributed by atoms with Crippen LogP contribution in [0.1, 0.15) is 22.8 Å². The molecule has 0 bridgehead atoms. The zero-order chi connectivity index (χ0) is 24.2. The largest absolute Gasteiger partial charge is 0.492 e. The number of ether oxygens (including phenoxy) is 2. The second-order valence-electron chi connectivity index (χ2n) is 7.71. The lowest BCUT2D eigenvalue weighted by Crippen LogP contribution is -2.55. The Hall–Kier alpha value is -1.80. The van der Waals surface area contributed by atoms with Gasteiger partial charge in [0.2, 0.25) is 0 Å². The van der Waals surface area contributed by atoms with Crippen molar-refractivity contribution in [3.8, 4) is 5.75 Å². The molecule has 2 aromatic carbocycles. The monoisotopic (exact) mass is 502 g/mol. The van der Waals surface area contributed by atoms with E-state index in [1.807, 2.05) is 12.1 Å². The third-order valence-electron chi connectivity index (χ3n) is 5.28. The van der Waals surface area contributed by atoms with Gasteiger partial charge >= 0.3 is 0 Å². The molecule has 5 atom stereocenters. The third kappa shape index (κ3) is 6.85. The first-order valence-corrected chi connectivity index (χ1v) is 12.1. The Labute approximate surface area is 196 Å². The standard InChI is InChI=1S/C21H27ClN2O8S/c22-16-6-3-13(21-20(28)19(27)18(26)17(11-25)32-21)10-14(16)9-12-1-4-15(5-2-12)31-8-7-24-33(23,29)30/h1-6,10,17-21,24-28H,7-9,11H2,(H2,23,29,30)/t17-,18-,19-,20-,21+/m1/s1. The Balaban J connectivity index is 1.67. The molecule has 0 spiro atoms. The van der Waals surface area contributed by atoms with Gasteiger partial charge in [0.1, 0.15) is 42.9 Å². The van der Waals surface area contributed by atoms with E-state index in [4.69, 9.17) is 26.2 Å². The van der Waals surface area contributed by atoms with Crippen LogP contribution < -0.4 is 14.6 Å². The van der Waals surface area contributed by atoms with Crippen LogP contribution >= 0.6 is 11.6 Å². The fraction of sp³-hybridized carbons (Fsp3) is 0.429. The SMILES string of the molecule is NS(=O)(=O)NCCOc1ccc(Cc2cc([C@@H]3O[C@H](CO)[C@@H](O)[C@@H](O)[C@H]3O)ccc2Cl)cc1. The zero-order valence-corrected chi connectivity index (χ0v) is 19.1. The molecule has 10 nitrogen and oxygen atoms in total. The number of nitrogens with one attached hydrogen (secondary N) is 1. The van der Waals surface area contributed by atoms with Crippen molar-refractivity contribution >= 4 is 21.8 Å². The van der Waals surface area contributed by atoms with Crippen LogP contribution in [0, 0.1) is 0 Å². The Morgan fingerprint density at radius 2 is 1.76 bits per heavy atom. The fourth-order valence-electron chi connectivity index (χ4n) is 3.56. The molecule has 7 N–H and O–H groups in total. The van der Waals surface area contributed by atoms with Crippen LogP contribution in [0.2, 0.25) is 5.02 Å². The minimum atomic E-state index is -3.76. The van der Waals surface area contributed by atoms with E-state index in [0.717, 1.165) is 11.1 Å². The van der Waals surface area contributed by atoms with E-state index in [0.29, 0.717) is 22.8 Å². The van der Waals surface area contributed by atoms with Crippen molar-refractivity contribution in [3.05, 3.63) is 64.2 Å². The van der Waals surface area contributed by atoms with Crippen LogP contribution in [-0.2, 0) is 21.4 Å². The van der Waals surface area contributed by atoms with E-state index in [2.05, 4.69) is 4.72 Å². The van der Waals surface area contributed by atoms with E-state index >= 15 is 0 Å². The fourth-order valence-corrected chi connectivity index (χ4v) is 4.11. The number of aliphatic hydroxyl groups excluding tert-OH is 4. The van der Waals surface area contributed by atoms with Gasteiger partial charge in [-0.15, -0.1) is 0 Å². The van der Waals surface area contributed by atoms with Gasteiger partial charge < -0.3 is 29.9 Å². The van der Waals surface area contributed by atoms with Crippen LogP contribution in [-0.4, -0.2) is 73.0 Å². The summed E-state index contributed by atoms with van der Waals surface area (Å²) in [6.45, 7) is -0.349. The highest BCUT2D eigenvalue weighted by atomic mass is 35.5. The molecule has 0 unspecified atom stereocenters. The lowest BCUT2D eigenvalue weighted by atomic mass is 9.90. The Morgan fingerprint density at radius 1 is 1.06 bits per heavy atom. The molecule has 0 radical (unpaired) electrons. The van der Waals surface area contributed by atoms with Crippen LogP contribution in [0.4, 0.5) is 0 Å². The second kappa shape index (κ2) is 11.1. The van der Waals surface area contributed by atoms with Crippen LogP contribution in [0.15, 0.2) is 42.5 Å². The van der Waals surface area contributed by atoms with Crippen LogP contribution in [0.25, 0.3) is 0 Å². The first kappa shape index (κ1) is 25.8. The molecule has 1 heterocycles. The molecule has 1 saturated heterocycles. The minimum Gasteiger partial charge on any atom is -0.492 e. The van der Waals surface area contributed by atoms with Crippen molar-refractivity contribution in [2.75, 3.05) is 19.8 Å². The maximum absolute atomic E-state index is 10.8. The van der Waals surface area contributed by atoms with Crippen molar-refractivity contribution < 1.29 is 38.3 Å². The Morgan fingerprint density at radius 3 is 2.39 bits per heavy atom. The van der Waals surface area contributed by atoms with Crippen molar-refractivity contribution in [1.29, 1.82) is 0 Å². The summed E-state index contributed by atoms with van der Waals surface area (Å²) < 4.78 is 34.9. The maximum Gasteiger partial charge on any atom is 0.274 e. The predicted molar refractivity (Wildman–Crippen MR) is 120 cm³/mol. The molecule has 0 saturated carbocycles. The molecular formula is C21H27ClN2O8S. The van der Waals surface area contributed by atoms with Gasteiger partial charge in [0.15, 0.2) is 0 Å². The molecule has 2 aromatic rings. The average Bonchev–Trinajstić information content (AvgIpc) is 2.77. The number of benzene rings is 2. The summed E-state index contributed by atoms with van der Waals surface area (Å²) in [5.74, 6) is 0.552. The molecule has 182 valence electrons. The second-order valence-corrected chi connectivity index (χ2v) is 9.49. The maximum atomic E-state index is 10.8. The predicted octanol–water partition coefficient (Wildman–Crippen LogP) is -0.382. The van der Waals surface area contributed by atoms with Gasteiger partial charge in [0, 0.05) is 11.6 Å². The lowest BCUT2D eigenvalue weighted by Gasteiger charge is -2.40. The van der Waals surface area contributed by atoms with Gasteiger partial charge in [-0.05, 0) is 41.3 Å². The number of hydrogen-bond acceptors (Lipinski definition) is 8. The van der Waals surface area contributed by atoms with Gasteiger partial charge in [-0.3, -0.25) is 0 Å². The number of nitrogens with two attached hydrogens (primary N) is 1. The van der Waals surface area contributed by atoms with Gasteiger partial charge in [-0.25, -0.2) is 5.14 Å². The third-order valence-corrected chi connectivity index (χ3v) is 6.26. The molecule has 33 heavy (non-hydrogen) atoms. The summed E-state index contributed by atoms with van der Waals surface area (Å²) >= 11 is 6.36. The number of rotatable bonds is 9. The zero-order valence-electron chi connectivity index (χ0n) is 17.5. The molecular weight excluding hydrogens is 476 g/mol. The van der Waals surface area contributed by atoms with Crippen LogP contribution in [0.3, 0.4) is 0 Å². The van der Waals surface area contributed by atoms with E-state index in [1.54, 1.807) is 30.3 Å². The van der Waals surface area contributed by atoms with E-state index < -0.39 is 47.3 Å². The quantitative estimate of drug-likeness (QED) is 0.252. The van der Waals surface area contributed by atoms with E-state index in [1.165, 1.54) is 0 Å². The first-order valence-electron chi connectivity index (χ1n) is 10.2. The highest BCUT2D eigenvalue weighted by molar-refractivity contribution is 7.87. The van der Waals surface area contributed by atoms with Crippen molar-refractivity contribution in [2.45, 2.75) is 36.9 Å². The van der Waals surface area contributed by atoms with Crippen molar-refractivity contribution in [1.82, 2.24) is 4.72 Å². The Kier molecular flexibility index (Phi) is 8.67. The molecule has 3 rings (SSSR count). The molecule has 1 aliphatic heterocycles. The number of aliphatic hydroxyl groups is 4. The molecule has 0 aromatic heterocycles. The summed E-state index contributed by atoms with van der Waals surface area (Å²) in [6, 6.07) is 12.2. The van der Waals surface area contributed by atoms with E-state index in [-0.39, 0.29) is 13.2 Å². The number of hydrogen-bond donors (Lipinski definition) is 6. The smallest absolute Gasteiger partial charge is 0.274 e. The molecule has 1 fully saturated rings. The molecule has 0 amide bonds. The normalized spacial score (nSPS) is 25.7. The summed E-state index contributed by atoms with van der Waals surface area (Å²) in [7, 11) is -3.76. The van der Waals surface area contributed by atoms with Crippen LogP contribution in [0.5, 0.6) is 5.75 Å². The average molecular weight is 503 g/mol. The molecule has 0 aliphatic carbocycles. The minimum absolute atomic E-state index is 0.0426. The topological polar surface area (TPSA) is 172 Å². The van der Waals surface area contributed by atoms with Gasteiger partial charge in [-0.2, -0.15) is 13.1 Å². The van der Waals surface area contributed by atoms with Gasteiger partial charge in [-0.1, -0.05) is 35.9 Å².